The number of rotatable bonds is 5. The first kappa shape index (κ1) is 20.1. The lowest BCUT2D eigenvalue weighted by atomic mass is 10.00. The third-order valence-corrected chi connectivity index (χ3v) is 5.12. The normalized spacial score (nSPS) is 12.1. The number of hydrogen-bond donors (Lipinski definition) is 3. The summed E-state index contributed by atoms with van der Waals surface area (Å²) in [6.07, 6.45) is 2.91. The topological polar surface area (TPSA) is 95.1 Å². The van der Waals surface area contributed by atoms with Gasteiger partial charge in [0.05, 0.1) is 11.3 Å². The zero-order chi connectivity index (χ0) is 21.4. The van der Waals surface area contributed by atoms with Crippen LogP contribution in [0.25, 0.3) is 22.2 Å². The van der Waals surface area contributed by atoms with Gasteiger partial charge in [0.1, 0.15) is 11.5 Å². The van der Waals surface area contributed by atoms with Crippen LogP contribution < -0.4 is 4.72 Å². The van der Waals surface area contributed by atoms with Gasteiger partial charge in [0.2, 0.25) is 5.78 Å². The van der Waals surface area contributed by atoms with Gasteiger partial charge >= 0.3 is 0 Å². The van der Waals surface area contributed by atoms with Crippen LogP contribution in [0.3, 0.4) is 0 Å². The number of fused-ring (bicyclic) bond motifs is 1. The second-order valence-corrected chi connectivity index (χ2v) is 7.43. The molecule has 3 N–H and O–H groups in total. The molecule has 0 aliphatic heterocycles. The average Bonchev–Trinajstić information content (AvgIpc) is 3.14. The lowest BCUT2D eigenvalue weighted by molar-refractivity contribution is 0.103. The van der Waals surface area contributed by atoms with E-state index in [0.717, 1.165) is 17.7 Å². The molecule has 4 rings (SSSR count). The summed E-state index contributed by atoms with van der Waals surface area (Å²) in [5.74, 6) is -3.29. The molecule has 1 unspecified atom stereocenters. The zero-order valence-corrected chi connectivity index (χ0v) is 16.5. The van der Waals surface area contributed by atoms with Gasteiger partial charge in [-0.2, -0.15) is 0 Å². The van der Waals surface area contributed by atoms with E-state index in [0.29, 0.717) is 21.6 Å². The van der Waals surface area contributed by atoms with Crippen LogP contribution in [0.2, 0.25) is 5.02 Å². The van der Waals surface area contributed by atoms with Crippen LogP contribution in [0.1, 0.15) is 15.9 Å². The summed E-state index contributed by atoms with van der Waals surface area (Å²) in [6, 6.07) is 10.4. The highest BCUT2D eigenvalue weighted by molar-refractivity contribution is 7.80. The third-order valence-electron chi connectivity index (χ3n) is 4.47. The molecule has 30 heavy (non-hydrogen) atoms. The molecule has 0 fully saturated rings. The predicted octanol–water partition coefficient (Wildman–Crippen LogP) is 4.94. The zero-order valence-electron chi connectivity index (χ0n) is 14.9. The molecule has 0 saturated carbocycles. The predicted molar refractivity (Wildman–Crippen MR) is 111 cm³/mol. The Morgan fingerprint density at radius 1 is 1.13 bits per heavy atom. The van der Waals surface area contributed by atoms with Crippen molar-refractivity contribution in [1.29, 1.82) is 0 Å². The largest absolute Gasteiger partial charge is 0.345 e. The number of aromatic nitrogens is 2. The van der Waals surface area contributed by atoms with Gasteiger partial charge in [-0.3, -0.25) is 14.1 Å². The summed E-state index contributed by atoms with van der Waals surface area (Å²) in [7, 11) is 0. The molecule has 4 aromatic rings. The number of aromatic amines is 1. The van der Waals surface area contributed by atoms with E-state index in [1.807, 2.05) is 4.72 Å². The van der Waals surface area contributed by atoms with Crippen LogP contribution in [0.15, 0.2) is 54.9 Å². The van der Waals surface area contributed by atoms with Crippen LogP contribution in [0, 0.1) is 11.6 Å². The maximum absolute atomic E-state index is 14.7. The van der Waals surface area contributed by atoms with Crippen molar-refractivity contribution in [2.45, 2.75) is 0 Å². The van der Waals surface area contributed by atoms with Crippen molar-refractivity contribution < 1.29 is 22.3 Å². The number of nitrogens with one attached hydrogen (secondary N) is 2. The molecule has 0 bridgehead atoms. The maximum atomic E-state index is 14.7. The van der Waals surface area contributed by atoms with Gasteiger partial charge in [-0.05, 0) is 35.9 Å². The molecule has 0 saturated heterocycles. The van der Waals surface area contributed by atoms with E-state index in [2.05, 4.69) is 9.97 Å². The molecular weight excluding hydrogens is 436 g/mol. The van der Waals surface area contributed by atoms with Gasteiger partial charge < -0.3 is 4.98 Å². The number of anilines is 1. The van der Waals surface area contributed by atoms with E-state index in [4.69, 9.17) is 16.2 Å². The first-order chi connectivity index (χ1) is 14.3. The fourth-order valence-electron chi connectivity index (χ4n) is 3.06. The minimum absolute atomic E-state index is 0.00776. The van der Waals surface area contributed by atoms with Gasteiger partial charge in [0.15, 0.2) is 5.82 Å². The van der Waals surface area contributed by atoms with Crippen LogP contribution in [-0.2, 0) is 11.3 Å². The van der Waals surface area contributed by atoms with Crippen LogP contribution in [0.4, 0.5) is 14.5 Å². The second kappa shape index (κ2) is 7.94. The number of ketones is 1. The average molecular weight is 448 g/mol. The molecule has 0 radical (unpaired) electrons. The molecule has 6 nitrogen and oxygen atoms in total. The van der Waals surface area contributed by atoms with Gasteiger partial charge in [0.25, 0.3) is 11.3 Å². The number of carbonyl (C=O) groups excluding carboxylic acids is 1. The fraction of sp³-hybridized carbons (Fsp3) is 0. The molecule has 2 aromatic carbocycles. The van der Waals surface area contributed by atoms with Crippen molar-refractivity contribution in [2.75, 3.05) is 4.72 Å². The molecule has 0 aliphatic carbocycles. The van der Waals surface area contributed by atoms with Gasteiger partial charge in [-0.1, -0.05) is 23.7 Å². The van der Waals surface area contributed by atoms with Crippen molar-refractivity contribution in [2.24, 2.45) is 0 Å². The van der Waals surface area contributed by atoms with Crippen LogP contribution in [0.5, 0.6) is 0 Å². The molecule has 2 heterocycles. The van der Waals surface area contributed by atoms with Crippen molar-refractivity contribution in [1.82, 2.24) is 9.97 Å². The highest BCUT2D eigenvalue weighted by atomic mass is 35.5. The van der Waals surface area contributed by atoms with Crippen molar-refractivity contribution >= 4 is 45.4 Å². The molecule has 10 heteroatoms. The van der Waals surface area contributed by atoms with E-state index < -0.39 is 39.9 Å². The number of hydrogen-bond acceptors (Lipinski definition) is 3. The first-order valence-electron chi connectivity index (χ1n) is 8.48. The Balaban J connectivity index is 1.82. The van der Waals surface area contributed by atoms with E-state index in [1.165, 1.54) is 6.20 Å². The third kappa shape index (κ3) is 3.70. The highest BCUT2D eigenvalue weighted by Gasteiger charge is 2.25. The van der Waals surface area contributed by atoms with Gasteiger partial charge in [-0.25, -0.2) is 18.0 Å². The molecule has 0 amide bonds. The standard InChI is InChI=1S/C20H12ClF2N3O3S/c21-12-3-1-10(2-4-12)11-7-13-14(9-25-20(13)24-8-11)19(27)17-15(22)5-6-16(18(17)23)26-30(28)29/h1-9,26H,(H,24,25)(H,28,29). The minimum atomic E-state index is -2.59. The lowest BCUT2D eigenvalue weighted by Crippen LogP contribution is -2.11. The highest BCUT2D eigenvalue weighted by Crippen LogP contribution is 2.29. The van der Waals surface area contributed by atoms with Gasteiger partial charge in [0, 0.05) is 33.9 Å². The van der Waals surface area contributed by atoms with Crippen molar-refractivity contribution in [3.63, 3.8) is 0 Å². The van der Waals surface area contributed by atoms with E-state index in [9.17, 15) is 17.8 Å². The summed E-state index contributed by atoms with van der Waals surface area (Å²) < 4.78 is 50.8. The Kier molecular flexibility index (Phi) is 5.33. The molecule has 0 aliphatic rings. The first-order valence-corrected chi connectivity index (χ1v) is 9.97. The Morgan fingerprint density at radius 2 is 1.87 bits per heavy atom. The number of carbonyl (C=O) groups is 1. The van der Waals surface area contributed by atoms with Crippen molar-refractivity contribution in [3.8, 4) is 11.1 Å². The Hall–Kier alpha value is -3.14. The smallest absolute Gasteiger partial charge is 0.259 e. The molecule has 152 valence electrons. The number of H-pyrrole nitrogens is 1. The van der Waals surface area contributed by atoms with Crippen LogP contribution in [-0.4, -0.2) is 24.5 Å². The lowest BCUT2D eigenvalue weighted by Gasteiger charge is -2.09. The van der Waals surface area contributed by atoms with E-state index in [-0.39, 0.29) is 5.56 Å². The van der Waals surface area contributed by atoms with Crippen LogP contribution >= 0.6 is 11.6 Å². The maximum Gasteiger partial charge on any atom is 0.259 e. The monoisotopic (exact) mass is 447 g/mol. The Morgan fingerprint density at radius 3 is 2.57 bits per heavy atom. The summed E-state index contributed by atoms with van der Waals surface area (Å²) in [6.45, 7) is 0. The number of pyridine rings is 1. The quantitative estimate of drug-likeness (QED) is 0.298. The summed E-state index contributed by atoms with van der Waals surface area (Å²) >= 11 is 3.32. The minimum Gasteiger partial charge on any atom is -0.345 e. The number of nitrogens with zero attached hydrogens (tertiary/aromatic N) is 1. The molecule has 0 spiro atoms. The molecular formula is C20H12ClF2N3O3S. The number of halogens is 3. The van der Waals surface area contributed by atoms with Crippen molar-refractivity contribution in [3.05, 3.63) is 82.6 Å². The number of benzene rings is 2. The fourth-order valence-corrected chi connectivity index (χ4v) is 3.53. The molecule has 1 atom stereocenters. The second-order valence-electron chi connectivity index (χ2n) is 6.29. The summed E-state index contributed by atoms with van der Waals surface area (Å²) in [4.78, 5) is 20.1. The summed E-state index contributed by atoms with van der Waals surface area (Å²) in [5.41, 5.74) is 0.530. The molecule has 2 aromatic heterocycles. The Labute approximate surface area is 176 Å². The Bertz CT molecular complexity index is 1310. The summed E-state index contributed by atoms with van der Waals surface area (Å²) in [5, 5.41) is 0.934. The SMILES string of the molecule is O=C(c1c(F)ccc(NS(=O)O)c1F)c1c[nH]c2ncc(-c3ccc(Cl)cc3)cc12. The van der Waals surface area contributed by atoms with E-state index >= 15 is 0 Å². The van der Waals surface area contributed by atoms with Gasteiger partial charge in [-0.15, -0.1) is 0 Å². The van der Waals surface area contributed by atoms with E-state index in [1.54, 1.807) is 36.5 Å².